The van der Waals surface area contributed by atoms with Crippen LogP contribution in [0.3, 0.4) is 0 Å². The molecule has 2 aliphatic heterocycles. The molecule has 0 saturated carbocycles. The van der Waals surface area contributed by atoms with Crippen LogP contribution in [0.2, 0.25) is 0 Å². The van der Waals surface area contributed by atoms with Gasteiger partial charge in [0, 0.05) is 31.0 Å². The lowest BCUT2D eigenvalue weighted by Crippen LogP contribution is -2.51. The first-order valence-electron chi connectivity index (χ1n) is 5.81. The third-order valence-corrected chi connectivity index (χ3v) is 3.62. The van der Waals surface area contributed by atoms with Crippen LogP contribution in [-0.4, -0.2) is 23.4 Å². The Morgan fingerprint density at radius 1 is 1.50 bits per heavy atom. The normalized spacial score (nSPS) is 28.9. The first-order chi connectivity index (χ1) is 7.66. The predicted molar refractivity (Wildman–Crippen MR) is 58.8 cm³/mol. The molecule has 1 amide bonds. The molecule has 3 rings (SSSR count). The van der Waals surface area contributed by atoms with E-state index in [1.807, 2.05) is 17.9 Å². The van der Waals surface area contributed by atoms with Crippen LogP contribution in [-0.2, 0) is 11.2 Å². The molecule has 0 bridgehead atoms. The fourth-order valence-corrected chi connectivity index (χ4v) is 2.89. The molecule has 0 aliphatic carbocycles. The topological polar surface area (TPSA) is 59.5 Å². The van der Waals surface area contributed by atoms with Crippen LogP contribution in [0.1, 0.15) is 36.0 Å². The second-order valence-corrected chi connectivity index (χ2v) is 4.72. The van der Waals surface area contributed by atoms with Gasteiger partial charge in [0.2, 0.25) is 5.91 Å². The molecule has 3 heterocycles. The molecule has 16 heavy (non-hydrogen) atoms. The van der Waals surface area contributed by atoms with Gasteiger partial charge < -0.3 is 15.1 Å². The molecular formula is C12H16N2O2. The molecule has 0 radical (unpaired) electrons. The van der Waals surface area contributed by atoms with Gasteiger partial charge in [0.1, 0.15) is 11.5 Å². The van der Waals surface area contributed by atoms with Crippen LogP contribution in [0.5, 0.6) is 0 Å². The third-order valence-electron chi connectivity index (χ3n) is 3.62. The van der Waals surface area contributed by atoms with Gasteiger partial charge in [0.15, 0.2) is 0 Å². The van der Waals surface area contributed by atoms with Crippen molar-refractivity contribution in [1.82, 2.24) is 4.90 Å². The van der Waals surface area contributed by atoms with Gasteiger partial charge in [-0.2, -0.15) is 0 Å². The molecule has 2 atom stereocenters. The third kappa shape index (κ3) is 1.29. The van der Waals surface area contributed by atoms with Crippen LogP contribution in [0.4, 0.5) is 0 Å². The summed E-state index contributed by atoms with van der Waals surface area (Å²) in [6, 6.07) is 2.13. The summed E-state index contributed by atoms with van der Waals surface area (Å²) in [6.07, 6.45) is 2.19. The Bertz CT molecular complexity index is 438. The van der Waals surface area contributed by atoms with Crippen LogP contribution < -0.4 is 5.73 Å². The minimum absolute atomic E-state index is 0.0439. The highest BCUT2D eigenvalue weighted by Crippen LogP contribution is 2.37. The number of hydrogen-bond acceptors (Lipinski definition) is 3. The largest absolute Gasteiger partial charge is 0.466 e. The average Bonchev–Trinajstić information content (AvgIpc) is 2.63. The molecule has 0 aromatic carbocycles. The number of nitrogens with two attached hydrogens (primary N) is 1. The van der Waals surface area contributed by atoms with Gasteiger partial charge >= 0.3 is 0 Å². The maximum atomic E-state index is 11.8. The summed E-state index contributed by atoms with van der Waals surface area (Å²) >= 11 is 0. The SMILES string of the molecule is Cc1cc2c(o1)CCN1C(=O)CCC(N)C21. The molecule has 2 aliphatic rings. The molecule has 0 spiro atoms. The Balaban J connectivity index is 2.05. The number of rotatable bonds is 0. The highest BCUT2D eigenvalue weighted by molar-refractivity contribution is 5.78. The lowest BCUT2D eigenvalue weighted by molar-refractivity contribution is -0.137. The van der Waals surface area contributed by atoms with Crippen molar-refractivity contribution in [3.05, 3.63) is 23.2 Å². The van der Waals surface area contributed by atoms with Gasteiger partial charge in [-0.25, -0.2) is 0 Å². The summed E-state index contributed by atoms with van der Waals surface area (Å²) < 4.78 is 5.64. The Labute approximate surface area is 94.4 Å². The molecule has 2 unspecified atom stereocenters. The molecule has 4 nitrogen and oxygen atoms in total. The molecule has 1 aromatic rings. The van der Waals surface area contributed by atoms with Crippen molar-refractivity contribution in [3.8, 4) is 0 Å². The van der Waals surface area contributed by atoms with Gasteiger partial charge in [-0.05, 0) is 19.4 Å². The van der Waals surface area contributed by atoms with Crippen molar-refractivity contribution < 1.29 is 9.21 Å². The van der Waals surface area contributed by atoms with Gasteiger partial charge in [-0.1, -0.05) is 0 Å². The van der Waals surface area contributed by atoms with Crippen molar-refractivity contribution in [2.24, 2.45) is 5.73 Å². The molecule has 1 fully saturated rings. The lowest BCUT2D eigenvalue weighted by Gasteiger charge is -2.42. The number of amides is 1. The summed E-state index contributed by atoms with van der Waals surface area (Å²) in [6.45, 7) is 2.69. The van der Waals surface area contributed by atoms with E-state index in [4.69, 9.17) is 10.2 Å². The second kappa shape index (κ2) is 3.35. The van der Waals surface area contributed by atoms with E-state index in [0.29, 0.717) is 6.42 Å². The number of carbonyl (C=O) groups is 1. The fraction of sp³-hybridized carbons (Fsp3) is 0.583. The van der Waals surface area contributed by atoms with E-state index >= 15 is 0 Å². The van der Waals surface area contributed by atoms with Gasteiger partial charge in [-0.3, -0.25) is 4.79 Å². The van der Waals surface area contributed by atoms with E-state index in [9.17, 15) is 4.79 Å². The zero-order valence-corrected chi connectivity index (χ0v) is 9.40. The number of piperidine rings is 1. The fourth-order valence-electron chi connectivity index (χ4n) is 2.89. The van der Waals surface area contributed by atoms with Crippen LogP contribution in [0.25, 0.3) is 0 Å². The van der Waals surface area contributed by atoms with E-state index in [1.165, 1.54) is 0 Å². The van der Waals surface area contributed by atoms with Crippen molar-refractivity contribution in [2.45, 2.75) is 38.3 Å². The van der Waals surface area contributed by atoms with Crippen LogP contribution >= 0.6 is 0 Å². The zero-order valence-electron chi connectivity index (χ0n) is 9.40. The maximum absolute atomic E-state index is 11.8. The number of furan rings is 1. The molecule has 2 N–H and O–H groups in total. The quantitative estimate of drug-likeness (QED) is 0.713. The van der Waals surface area contributed by atoms with Crippen LogP contribution in [0.15, 0.2) is 10.5 Å². The van der Waals surface area contributed by atoms with Crippen molar-refractivity contribution in [3.63, 3.8) is 0 Å². The number of fused-ring (bicyclic) bond motifs is 3. The highest BCUT2D eigenvalue weighted by Gasteiger charge is 2.39. The first kappa shape index (κ1) is 9.90. The van der Waals surface area contributed by atoms with E-state index in [0.717, 1.165) is 36.5 Å². The van der Waals surface area contributed by atoms with Crippen molar-refractivity contribution >= 4 is 5.91 Å². The summed E-state index contributed by atoms with van der Waals surface area (Å²) in [5.41, 5.74) is 7.27. The van der Waals surface area contributed by atoms with E-state index in [-0.39, 0.29) is 18.0 Å². The number of nitrogens with zero attached hydrogens (tertiary/aromatic N) is 1. The Hall–Kier alpha value is -1.29. The monoisotopic (exact) mass is 220 g/mol. The Morgan fingerprint density at radius 3 is 3.12 bits per heavy atom. The standard InChI is InChI=1S/C12H16N2O2/c1-7-6-8-10(16-7)4-5-14-11(15)3-2-9(13)12(8)14/h6,9,12H,2-5,13H2,1H3. The summed E-state index contributed by atoms with van der Waals surface area (Å²) in [5.74, 6) is 2.16. The average molecular weight is 220 g/mol. The molecule has 4 heteroatoms. The first-order valence-corrected chi connectivity index (χ1v) is 5.81. The smallest absolute Gasteiger partial charge is 0.223 e. The molecule has 86 valence electrons. The lowest BCUT2D eigenvalue weighted by atomic mass is 9.87. The number of aryl methyl sites for hydroxylation is 1. The predicted octanol–water partition coefficient (Wildman–Crippen LogP) is 1.13. The van der Waals surface area contributed by atoms with Crippen LogP contribution in [0, 0.1) is 6.92 Å². The van der Waals surface area contributed by atoms with E-state index < -0.39 is 0 Å². The molecule has 1 aromatic heterocycles. The minimum atomic E-state index is 0.0439. The summed E-state index contributed by atoms with van der Waals surface area (Å²) in [7, 11) is 0. The van der Waals surface area contributed by atoms with Gasteiger partial charge in [0.25, 0.3) is 0 Å². The Kier molecular flexibility index (Phi) is 2.07. The second-order valence-electron chi connectivity index (χ2n) is 4.72. The van der Waals surface area contributed by atoms with E-state index in [2.05, 4.69) is 0 Å². The summed E-state index contributed by atoms with van der Waals surface area (Å²) in [4.78, 5) is 13.8. The molecule has 1 saturated heterocycles. The number of carbonyl (C=O) groups excluding carboxylic acids is 1. The van der Waals surface area contributed by atoms with Crippen molar-refractivity contribution in [1.29, 1.82) is 0 Å². The highest BCUT2D eigenvalue weighted by atomic mass is 16.3. The number of hydrogen-bond donors (Lipinski definition) is 1. The van der Waals surface area contributed by atoms with Gasteiger partial charge in [0.05, 0.1) is 6.04 Å². The Morgan fingerprint density at radius 2 is 2.31 bits per heavy atom. The zero-order chi connectivity index (χ0) is 11.3. The van der Waals surface area contributed by atoms with E-state index in [1.54, 1.807) is 0 Å². The summed E-state index contributed by atoms with van der Waals surface area (Å²) in [5, 5.41) is 0. The molecular weight excluding hydrogens is 204 g/mol. The van der Waals surface area contributed by atoms with Crippen molar-refractivity contribution in [2.75, 3.05) is 6.54 Å². The minimum Gasteiger partial charge on any atom is -0.466 e. The van der Waals surface area contributed by atoms with Gasteiger partial charge in [-0.15, -0.1) is 0 Å². The maximum Gasteiger partial charge on any atom is 0.223 e.